The average molecular weight is 448 g/mol. The molecule has 0 fully saturated rings. The molecule has 3 aromatic carbocycles. The summed E-state index contributed by atoms with van der Waals surface area (Å²) in [6.45, 7) is 2.35. The summed E-state index contributed by atoms with van der Waals surface area (Å²) in [6, 6.07) is 19.5. The Kier molecular flexibility index (Phi) is 5.65. The maximum absolute atomic E-state index is 12.5. The van der Waals surface area contributed by atoms with Gasteiger partial charge in [0.2, 0.25) is 10.0 Å². The molecule has 8 heteroatoms. The molecule has 0 atom stereocenters. The number of sulfonamides is 1. The summed E-state index contributed by atoms with van der Waals surface area (Å²) in [5.41, 5.74) is 5.12. The Morgan fingerprint density at radius 3 is 2.31 bits per heavy atom. The molecule has 0 bridgehead atoms. The summed E-state index contributed by atoms with van der Waals surface area (Å²) in [7, 11) is -3.75. The van der Waals surface area contributed by atoms with Crippen molar-refractivity contribution in [1.29, 1.82) is 0 Å². The minimum atomic E-state index is -3.75. The molecule has 32 heavy (non-hydrogen) atoms. The maximum atomic E-state index is 12.5. The third kappa shape index (κ3) is 4.46. The van der Waals surface area contributed by atoms with E-state index in [1.807, 2.05) is 43.3 Å². The van der Waals surface area contributed by atoms with Gasteiger partial charge in [-0.1, -0.05) is 48.0 Å². The third-order valence-electron chi connectivity index (χ3n) is 5.18. The molecule has 1 aliphatic heterocycles. The lowest BCUT2D eigenvalue weighted by atomic mass is 9.91. The van der Waals surface area contributed by atoms with Crippen molar-refractivity contribution in [1.82, 2.24) is 10.6 Å². The van der Waals surface area contributed by atoms with E-state index in [1.54, 1.807) is 24.4 Å². The summed E-state index contributed by atoms with van der Waals surface area (Å²) in [6.07, 6.45) is 1.56. The van der Waals surface area contributed by atoms with Crippen molar-refractivity contribution in [3.63, 3.8) is 0 Å². The van der Waals surface area contributed by atoms with Gasteiger partial charge in [0.1, 0.15) is 0 Å². The molecular weight excluding hydrogens is 426 g/mol. The molecule has 0 unspecified atom stereocenters. The lowest BCUT2D eigenvalue weighted by Crippen LogP contribution is -2.37. The molecule has 4 N–H and O–H groups in total. The van der Waals surface area contributed by atoms with Crippen LogP contribution in [0.3, 0.4) is 0 Å². The molecule has 162 valence electrons. The molecule has 7 nitrogen and oxygen atoms in total. The van der Waals surface area contributed by atoms with Gasteiger partial charge in [-0.25, -0.2) is 13.6 Å². The molecule has 4 rings (SSSR count). The van der Waals surface area contributed by atoms with Crippen LogP contribution in [0.1, 0.15) is 27.0 Å². The maximum Gasteiger partial charge on any atom is 0.260 e. The number of carbonyl (C=O) groups excluding carboxylic acids is 2. The quantitative estimate of drug-likeness (QED) is 0.411. The minimum Gasteiger partial charge on any atom is -0.386 e. The first-order chi connectivity index (χ1) is 15.2. The number of nitrogens with two attached hydrogens (primary N) is 1. The van der Waals surface area contributed by atoms with Crippen LogP contribution >= 0.6 is 0 Å². The van der Waals surface area contributed by atoms with Gasteiger partial charge in [0.25, 0.3) is 11.8 Å². The predicted octanol–water partition coefficient (Wildman–Crippen LogP) is 2.71. The summed E-state index contributed by atoms with van der Waals surface area (Å²) in [4.78, 5) is 24.9. The zero-order chi connectivity index (χ0) is 22.9. The monoisotopic (exact) mass is 447 g/mol. The summed E-state index contributed by atoms with van der Waals surface area (Å²) in [5.74, 6) is -0.919. The number of rotatable bonds is 5. The summed E-state index contributed by atoms with van der Waals surface area (Å²) >= 11 is 0. The number of fused-ring (bicyclic) bond motifs is 1. The standard InChI is InChI=1S/C24H21N3O4S/c1-15-3-2-4-17(11-15)18-7-10-20-21(12-18)22(24(29)27-23(20)28)14-26-13-16-5-8-19(9-6-16)32(25,30)31/h2-12,14,26H,13H2,1H3,(H2,25,30,31)(H,27,28,29). The largest absolute Gasteiger partial charge is 0.386 e. The van der Waals surface area contributed by atoms with Crippen molar-refractivity contribution in [2.24, 2.45) is 5.14 Å². The number of primary sulfonamides is 1. The van der Waals surface area contributed by atoms with Crippen molar-refractivity contribution in [3.05, 3.63) is 95.2 Å². The number of nitrogens with one attached hydrogen (secondary N) is 2. The number of aryl methyl sites for hydroxylation is 1. The average Bonchev–Trinajstić information content (AvgIpc) is 2.75. The Labute approximate surface area is 186 Å². The molecule has 2 amide bonds. The van der Waals surface area contributed by atoms with Crippen molar-refractivity contribution in [2.45, 2.75) is 18.4 Å². The summed E-state index contributed by atoms with van der Waals surface area (Å²) in [5, 5.41) is 10.5. The Morgan fingerprint density at radius 2 is 1.62 bits per heavy atom. The molecule has 0 spiro atoms. The van der Waals surface area contributed by atoms with Gasteiger partial charge >= 0.3 is 0 Å². The van der Waals surface area contributed by atoms with E-state index < -0.39 is 21.8 Å². The number of imide groups is 1. The van der Waals surface area contributed by atoms with Crippen molar-refractivity contribution >= 4 is 27.4 Å². The predicted molar refractivity (Wildman–Crippen MR) is 122 cm³/mol. The van der Waals surface area contributed by atoms with E-state index in [4.69, 9.17) is 5.14 Å². The van der Waals surface area contributed by atoms with E-state index >= 15 is 0 Å². The topological polar surface area (TPSA) is 118 Å². The van der Waals surface area contributed by atoms with E-state index in [0.29, 0.717) is 23.2 Å². The third-order valence-corrected chi connectivity index (χ3v) is 6.11. The van der Waals surface area contributed by atoms with Gasteiger partial charge in [-0.15, -0.1) is 0 Å². The van der Waals surface area contributed by atoms with Crippen LogP contribution in [0, 0.1) is 6.92 Å². The first-order valence-electron chi connectivity index (χ1n) is 9.85. The lowest BCUT2D eigenvalue weighted by Gasteiger charge is -2.19. The second-order valence-electron chi connectivity index (χ2n) is 7.54. The van der Waals surface area contributed by atoms with Gasteiger partial charge in [0.05, 0.1) is 10.5 Å². The molecule has 0 saturated carbocycles. The van der Waals surface area contributed by atoms with Crippen LogP contribution in [0.4, 0.5) is 0 Å². The van der Waals surface area contributed by atoms with Gasteiger partial charge in [0, 0.05) is 23.9 Å². The fourth-order valence-corrected chi connectivity index (χ4v) is 4.06. The van der Waals surface area contributed by atoms with Gasteiger partial charge in [-0.3, -0.25) is 14.9 Å². The fourth-order valence-electron chi connectivity index (χ4n) is 3.54. The Morgan fingerprint density at radius 1 is 0.906 bits per heavy atom. The lowest BCUT2D eigenvalue weighted by molar-refractivity contribution is -0.114. The van der Waals surface area contributed by atoms with Crippen molar-refractivity contribution in [3.8, 4) is 11.1 Å². The van der Waals surface area contributed by atoms with E-state index in [-0.39, 0.29) is 4.90 Å². The van der Waals surface area contributed by atoms with Crippen LogP contribution in [0.15, 0.2) is 77.8 Å². The molecule has 1 heterocycles. The molecule has 1 aliphatic rings. The second kappa shape index (κ2) is 8.41. The highest BCUT2D eigenvalue weighted by Gasteiger charge is 2.27. The van der Waals surface area contributed by atoms with Crippen molar-refractivity contribution < 1.29 is 18.0 Å². The Hall–Kier alpha value is -3.75. The second-order valence-corrected chi connectivity index (χ2v) is 9.10. The van der Waals surface area contributed by atoms with E-state index in [9.17, 15) is 18.0 Å². The highest BCUT2D eigenvalue weighted by Crippen LogP contribution is 2.29. The highest BCUT2D eigenvalue weighted by molar-refractivity contribution is 7.89. The Balaban J connectivity index is 1.62. The van der Waals surface area contributed by atoms with Crippen molar-refractivity contribution in [2.75, 3.05) is 0 Å². The number of amides is 2. The van der Waals surface area contributed by atoms with Crippen LogP contribution in [-0.2, 0) is 21.4 Å². The van der Waals surface area contributed by atoms with E-state index in [2.05, 4.69) is 10.6 Å². The molecule has 0 aliphatic carbocycles. The molecule has 3 aromatic rings. The van der Waals surface area contributed by atoms with Gasteiger partial charge in [-0.2, -0.15) is 0 Å². The van der Waals surface area contributed by atoms with Crippen LogP contribution in [0.25, 0.3) is 16.7 Å². The van der Waals surface area contributed by atoms with Crippen LogP contribution in [0.5, 0.6) is 0 Å². The number of benzene rings is 3. The Bertz CT molecular complexity index is 1360. The zero-order valence-electron chi connectivity index (χ0n) is 17.3. The first kappa shape index (κ1) is 21.5. The zero-order valence-corrected chi connectivity index (χ0v) is 18.1. The van der Waals surface area contributed by atoms with Gasteiger partial charge in [0.15, 0.2) is 0 Å². The fraction of sp³-hybridized carbons (Fsp3) is 0.0833. The van der Waals surface area contributed by atoms with Crippen LogP contribution < -0.4 is 15.8 Å². The normalized spacial score (nSPS) is 14.8. The minimum absolute atomic E-state index is 0.0300. The molecule has 0 saturated heterocycles. The van der Waals surface area contributed by atoms with E-state index in [0.717, 1.165) is 22.3 Å². The summed E-state index contributed by atoms with van der Waals surface area (Å²) < 4.78 is 22.7. The van der Waals surface area contributed by atoms with E-state index in [1.165, 1.54) is 12.1 Å². The first-order valence-corrected chi connectivity index (χ1v) is 11.4. The molecule has 0 radical (unpaired) electrons. The highest BCUT2D eigenvalue weighted by atomic mass is 32.2. The molecule has 0 aromatic heterocycles. The molecular formula is C24H21N3O4S. The van der Waals surface area contributed by atoms with Gasteiger partial charge in [-0.05, 0) is 47.9 Å². The number of carbonyl (C=O) groups is 2. The number of hydrogen-bond donors (Lipinski definition) is 3. The number of hydrogen-bond acceptors (Lipinski definition) is 5. The smallest absolute Gasteiger partial charge is 0.260 e. The van der Waals surface area contributed by atoms with Crippen LogP contribution in [-0.4, -0.2) is 20.2 Å². The van der Waals surface area contributed by atoms with Gasteiger partial charge < -0.3 is 5.32 Å². The van der Waals surface area contributed by atoms with Crippen LogP contribution in [0.2, 0.25) is 0 Å². The SMILES string of the molecule is Cc1cccc(-c2ccc3c(c2)C(=CNCc2ccc(S(N)(=O)=O)cc2)C(=O)NC3=O)c1.